The molecule has 1 aromatic rings. The van der Waals surface area contributed by atoms with E-state index in [9.17, 15) is 0 Å². The Bertz CT molecular complexity index is 440. The molecule has 2 N–H and O–H groups in total. The Morgan fingerprint density at radius 1 is 1.15 bits per heavy atom. The Hall–Kier alpha value is -1.06. The lowest BCUT2D eigenvalue weighted by Crippen LogP contribution is -2.44. The smallest absolute Gasteiger partial charge is 0.123 e. The molecule has 0 spiro atoms. The summed E-state index contributed by atoms with van der Waals surface area (Å²) >= 11 is 0. The lowest BCUT2D eigenvalue weighted by molar-refractivity contribution is 0.188. The SMILES string of the molecule is NC1(CCN2CCOc3ccccc3C2)CCCCC1. The third kappa shape index (κ3) is 3.33. The maximum atomic E-state index is 6.55. The molecule has 1 aliphatic carbocycles. The van der Waals surface area contributed by atoms with Gasteiger partial charge in [-0.25, -0.2) is 0 Å². The van der Waals surface area contributed by atoms with Crippen LogP contribution in [-0.4, -0.2) is 30.1 Å². The highest BCUT2D eigenvalue weighted by Crippen LogP contribution is 2.29. The minimum absolute atomic E-state index is 0.0882. The summed E-state index contributed by atoms with van der Waals surface area (Å²) in [5.74, 6) is 1.05. The molecule has 0 amide bonds. The van der Waals surface area contributed by atoms with E-state index in [4.69, 9.17) is 10.5 Å². The van der Waals surface area contributed by atoms with Crippen LogP contribution in [0.1, 0.15) is 44.1 Å². The van der Waals surface area contributed by atoms with Gasteiger partial charge in [-0.05, 0) is 25.3 Å². The van der Waals surface area contributed by atoms with Crippen LogP contribution in [0.4, 0.5) is 0 Å². The van der Waals surface area contributed by atoms with Gasteiger partial charge < -0.3 is 10.5 Å². The highest BCUT2D eigenvalue weighted by Gasteiger charge is 2.28. The van der Waals surface area contributed by atoms with Crippen LogP contribution >= 0.6 is 0 Å². The van der Waals surface area contributed by atoms with Gasteiger partial charge in [0.2, 0.25) is 0 Å². The van der Waals surface area contributed by atoms with E-state index in [1.165, 1.54) is 37.7 Å². The van der Waals surface area contributed by atoms with Crippen LogP contribution in [0.3, 0.4) is 0 Å². The topological polar surface area (TPSA) is 38.5 Å². The molecule has 1 heterocycles. The number of ether oxygens (including phenoxy) is 1. The van der Waals surface area contributed by atoms with Crippen LogP contribution in [-0.2, 0) is 6.54 Å². The molecule has 0 aromatic heterocycles. The first-order valence-electron chi connectivity index (χ1n) is 7.97. The lowest BCUT2D eigenvalue weighted by atomic mass is 9.80. The summed E-state index contributed by atoms with van der Waals surface area (Å²) in [5.41, 5.74) is 7.95. The standard InChI is InChI=1S/C17H26N2O/c18-17(8-4-1-5-9-17)10-11-19-12-13-20-16-7-3-2-6-15(16)14-19/h2-3,6-7H,1,4-5,8-14,18H2. The van der Waals surface area contributed by atoms with Gasteiger partial charge in [0.15, 0.2) is 0 Å². The molecule has 3 heteroatoms. The van der Waals surface area contributed by atoms with E-state index in [-0.39, 0.29) is 5.54 Å². The Labute approximate surface area is 122 Å². The first-order valence-corrected chi connectivity index (χ1v) is 7.97. The van der Waals surface area contributed by atoms with E-state index in [1.807, 2.05) is 6.07 Å². The maximum Gasteiger partial charge on any atom is 0.123 e. The quantitative estimate of drug-likeness (QED) is 0.921. The summed E-state index contributed by atoms with van der Waals surface area (Å²) < 4.78 is 5.82. The third-order valence-corrected chi connectivity index (χ3v) is 4.81. The van der Waals surface area contributed by atoms with Crippen LogP contribution in [0.25, 0.3) is 0 Å². The van der Waals surface area contributed by atoms with Gasteiger partial charge in [-0.1, -0.05) is 37.5 Å². The third-order valence-electron chi connectivity index (χ3n) is 4.81. The van der Waals surface area contributed by atoms with Gasteiger partial charge in [-0.3, -0.25) is 4.90 Å². The molecule has 110 valence electrons. The van der Waals surface area contributed by atoms with Crippen LogP contribution in [0.15, 0.2) is 24.3 Å². The molecular weight excluding hydrogens is 248 g/mol. The number of hydrogen-bond acceptors (Lipinski definition) is 3. The van der Waals surface area contributed by atoms with Gasteiger partial charge in [0, 0.05) is 30.7 Å². The molecule has 1 fully saturated rings. The number of para-hydroxylation sites is 1. The van der Waals surface area contributed by atoms with Gasteiger partial charge >= 0.3 is 0 Å². The van der Waals surface area contributed by atoms with E-state index < -0.39 is 0 Å². The molecule has 0 unspecified atom stereocenters. The van der Waals surface area contributed by atoms with Crippen molar-refractivity contribution in [2.75, 3.05) is 19.7 Å². The zero-order valence-electron chi connectivity index (χ0n) is 12.3. The van der Waals surface area contributed by atoms with Crippen molar-refractivity contribution in [2.45, 2.75) is 50.6 Å². The summed E-state index contributed by atoms with van der Waals surface area (Å²) in [5, 5.41) is 0. The van der Waals surface area contributed by atoms with Crippen molar-refractivity contribution in [3.8, 4) is 5.75 Å². The molecule has 20 heavy (non-hydrogen) atoms. The summed E-state index contributed by atoms with van der Waals surface area (Å²) in [6.45, 7) is 3.87. The van der Waals surface area contributed by atoms with Gasteiger partial charge in [0.25, 0.3) is 0 Å². The molecule has 2 aliphatic rings. The van der Waals surface area contributed by atoms with Crippen LogP contribution in [0.5, 0.6) is 5.75 Å². The maximum absolute atomic E-state index is 6.55. The summed E-state index contributed by atoms with van der Waals surface area (Å²) in [4.78, 5) is 2.50. The zero-order chi connectivity index (χ0) is 13.8. The van der Waals surface area contributed by atoms with E-state index in [2.05, 4.69) is 23.1 Å². The highest BCUT2D eigenvalue weighted by atomic mass is 16.5. The average Bonchev–Trinajstić information content (AvgIpc) is 2.68. The predicted molar refractivity (Wildman–Crippen MR) is 81.8 cm³/mol. The van der Waals surface area contributed by atoms with E-state index in [1.54, 1.807) is 0 Å². The minimum Gasteiger partial charge on any atom is -0.492 e. The molecule has 0 saturated heterocycles. The van der Waals surface area contributed by atoms with E-state index in [0.29, 0.717) is 0 Å². The van der Waals surface area contributed by atoms with Crippen LogP contribution in [0, 0.1) is 0 Å². The van der Waals surface area contributed by atoms with Crippen molar-refractivity contribution in [1.29, 1.82) is 0 Å². The van der Waals surface area contributed by atoms with Crippen LogP contribution in [0.2, 0.25) is 0 Å². The Kier molecular flexibility index (Phi) is 4.27. The normalized spacial score (nSPS) is 22.6. The number of nitrogens with two attached hydrogens (primary N) is 1. The number of benzene rings is 1. The number of fused-ring (bicyclic) bond motifs is 1. The van der Waals surface area contributed by atoms with Crippen LogP contribution < -0.4 is 10.5 Å². The summed E-state index contributed by atoms with van der Waals surface area (Å²) in [7, 11) is 0. The fourth-order valence-corrected chi connectivity index (χ4v) is 3.46. The average molecular weight is 274 g/mol. The van der Waals surface area contributed by atoms with E-state index in [0.717, 1.165) is 38.4 Å². The number of rotatable bonds is 3. The fourth-order valence-electron chi connectivity index (χ4n) is 3.46. The van der Waals surface area contributed by atoms with Crippen molar-refractivity contribution >= 4 is 0 Å². The summed E-state index contributed by atoms with van der Waals surface area (Å²) in [6, 6.07) is 8.39. The Balaban J connectivity index is 1.58. The molecule has 1 saturated carbocycles. The largest absolute Gasteiger partial charge is 0.492 e. The highest BCUT2D eigenvalue weighted by molar-refractivity contribution is 5.33. The van der Waals surface area contributed by atoms with E-state index >= 15 is 0 Å². The minimum atomic E-state index is 0.0882. The molecule has 0 bridgehead atoms. The molecular formula is C17H26N2O. The van der Waals surface area contributed by atoms with Crippen molar-refractivity contribution in [3.63, 3.8) is 0 Å². The molecule has 0 atom stereocenters. The van der Waals surface area contributed by atoms with Gasteiger partial charge in [-0.15, -0.1) is 0 Å². The van der Waals surface area contributed by atoms with Gasteiger partial charge in [0.05, 0.1) is 0 Å². The van der Waals surface area contributed by atoms with Crippen molar-refractivity contribution in [3.05, 3.63) is 29.8 Å². The Morgan fingerprint density at radius 2 is 1.95 bits per heavy atom. The van der Waals surface area contributed by atoms with Crippen molar-refractivity contribution in [1.82, 2.24) is 4.90 Å². The fraction of sp³-hybridized carbons (Fsp3) is 0.647. The van der Waals surface area contributed by atoms with Gasteiger partial charge in [-0.2, -0.15) is 0 Å². The monoisotopic (exact) mass is 274 g/mol. The molecule has 1 aromatic carbocycles. The lowest BCUT2D eigenvalue weighted by Gasteiger charge is -2.35. The first-order chi connectivity index (χ1) is 9.75. The molecule has 0 radical (unpaired) electrons. The number of nitrogens with zero attached hydrogens (tertiary/aromatic N) is 1. The second-order valence-electron chi connectivity index (χ2n) is 6.41. The Morgan fingerprint density at radius 3 is 2.80 bits per heavy atom. The second kappa shape index (κ2) is 6.15. The molecule has 3 nitrogen and oxygen atoms in total. The molecule has 3 rings (SSSR count). The van der Waals surface area contributed by atoms with Gasteiger partial charge in [0.1, 0.15) is 12.4 Å². The summed E-state index contributed by atoms with van der Waals surface area (Å²) in [6.07, 6.45) is 7.51. The van der Waals surface area contributed by atoms with Crippen molar-refractivity contribution < 1.29 is 4.74 Å². The second-order valence-corrected chi connectivity index (χ2v) is 6.41. The predicted octanol–water partition coefficient (Wildman–Crippen LogP) is 2.93. The molecule has 1 aliphatic heterocycles. The number of hydrogen-bond donors (Lipinski definition) is 1. The first kappa shape index (κ1) is 13.9. The zero-order valence-corrected chi connectivity index (χ0v) is 12.3. The van der Waals surface area contributed by atoms with Crippen molar-refractivity contribution in [2.24, 2.45) is 5.73 Å².